The molecule has 0 fully saturated rings. The predicted octanol–water partition coefficient (Wildman–Crippen LogP) is 4.08. The van der Waals surface area contributed by atoms with Crippen LogP contribution in [0.3, 0.4) is 0 Å². The minimum atomic E-state index is -0.234. The predicted molar refractivity (Wildman–Crippen MR) is 93.3 cm³/mol. The zero-order valence-electron chi connectivity index (χ0n) is 12.4. The molecule has 22 heavy (non-hydrogen) atoms. The summed E-state index contributed by atoms with van der Waals surface area (Å²) in [5, 5.41) is 5.72. The normalized spacial score (nSPS) is 14.3. The van der Waals surface area contributed by atoms with Crippen molar-refractivity contribution in [2.75, 3.05) is 24.2 Å². The van der Waals surface area contributed by atoms with Gasteiger partial charge >= 0.3 is 6.03 Å². The fraction of sp³-hybridized carbons (Fsp3) is 0.235. The van der Waals surface area contributed by atoms with Gasteiger partial charge in [-0.3, -0.25) is 0 Å². The smallest absolute Gasteiger partial charge is 0.308 e. The van der Waals surface area contributed by atoms with Crippen LogP contribution in [0.15, 0.2) is 46.9 Å². The third kappa shape index (κ3) is 3.67. The van der Waals surface area contributed by atoms with E-state index < -0.39 is 0 Å². The topological polar surface area (TPSA) is 44.4 Å². The molecule has 3 rings (SSSR count). The SMILES string of the molecule is CN1CCc2ccc(NC(=O)Nc3cccc(Br)c3)cc2C1. The maximum Gasteiger partial charge on any atom is 0.323 e. The molecule has 0 unspecified atom stereocenters. The van der Waals surface area contributed by atoms with Crippen LogP contribution in [0.5, 0.6) is 0 Å². The lowest BCUT2D eigenvalue weighted by atomic mass is 9.99. The van der Waals surface area contributed by atoms with E-state index in [0.29, 0.717) is 0 Å². The number of nitrogens with zero attached hydrogens (tertiary/aromatic N) is 1. The molecular formula is C17H18BrN3O. The lowest BCUT2D eigenvalue weighted by Crippen LogP contribution is -2.26. The van der Waals surface area contributed by atoms with Crippen molar-refractivity contribution in [1.82, 2.24) is 4.90 Å². The van der Waals surface area contributed by atoms with Crippen LogP contribution in [-0.4, -0.2) is 24.5 Å². The second kappa shape index (κ2) is 6.50. The van der Waals surface area contributed by atoms with Gasteiger partial charge in [-0.05, 0) is 54.9 Å². The Morgan fingerprint density at radius 3 is 2.64 bits per heavy atom. The van der Waals surface area contributed by atoms with Crippen molar-refractivity contribution in [3.8, 4) is 0 Å². The monoisotopic (exact) mass is 359 g/mol. The van der Waals surface area contributed by atoms with E-state index in [2.05, 4.69) is 50.6 Å². The van der Waals surface area contributed by atoms with Crippen molar-refractivity contribution in [3.05, 3.63) is 58.1 Å². The Kier molecular flexibility index (Phi) is 4.45. The molecule has 0 aliphatic carbocycles. The number of likely N-dealkylation sites (N-methyl/N-ethyl adjacent to an activating group) is 1. The largest absolute Gasteiger partial charge is 0.323 e. The van der Waals surface area contributed by atoms with Crippen LogP contribution in [0.2, 0.25) is 0 Å². The number of benzene rings is 2. The zero-order chi connectivity index (χ0) is 15.5. The highest BCUT2D eigenvalue weighted by Gasteiger charge is 2.13. The summed E-state index contributed by atoms with van der Waals surface area (Å²) in [5.41, 5.74) is 4.23. The molecule has 0 aromatic heterocycles. The lowest BCUT2D eigenvalue weighted by Gasteiger charge is -2.25. The first-order valence-corrected chi connectivity index (χ1v) is 8.03. The van der Waals surface area contributed by atoms with Gasteiger partial charge in [0.05, 0.1) is 0 Å². The Bertz CT molecular complexity index is 702. The highest BCUT2D eigenvalue weighted by molar-refractivity contribution is 9.10. The summed E-state index contributed by atoms with van der Waals surface area (Å²) in [6.45, 7) is 2.02. The van der Waals surface area contributed by atoms with Gasteiger partial charge in [0.15, 0.2) is 0 Å². The molecule has 2 N–H and O–H groups in total. The second-order valence-corrected chi connectivity index (χ2v) is 6.48. The molecule has 0 bridgehead atoms. The van der Waals surface area contributed by atoms with Crippen LogP contribution < -0.4 is 10.6 Å². The molecule has 0 radical (unpaired) electrons. The summed E-state index contributed by atoms with van der Waals surface area (Å²) in [7, 11) is 2.11. The molecule has 2 aromatic carbocycles. The Morgan fingerprint density at radius 2 is 1.86 bits per heavy atom. The van der Waals surface area contributed by atoms with Crippen molar-refractivity contribution < 1.29 is 4.79 Å². The van der Waals surface area contributed by atoms with E-state index in [1.807, 2.05) is 30.3 Å². The van der Waals surface area contributed by atoms with E-state index in [9.17, 15) is 4.79 Å². The summed E-state index contributed by atoms with van der Waals surface area (Å²) in [6, 6.07) is 13.4. The van der Waals surface area contributed by atoms with Gasteiger partial charge in [-0.1, -0.05) is 28.1 Å². The van der Waals surface area contributed by atoms with Gasteiger partial charge in [0, 0.05) is 28.9 Å². The second-order valence-electron chi connectivity index (χ2n) is 5.56. The number of carbonyl (C=O) groups is 1. The van der Waals surface area contributed by atoms with Crippen LogP contribution in [0.1, 0.15) is 11.1 Å². The minimum absolute atomic E-state index is 0.234. The van der Waals surface area contributed by atoms with E-state index in [0.717, 1.165) is 35.4 Å². The summed E-state index contributed by atoms with van der Waals surface area (Å²) in [6.07, 6.45) is 1.07. The molecular weight excluding hydrogens is 342 g/mol. The average Bonchev–Trinajstić information content (AvgIpc) is 2.46. The molecule has 1 aliphatic heterocycles. The first kappa shape index (κ1) is 15.1. The van der Waals surface area contributed by atoms with Crippen molar-refractivity contribution >= 4 is 33.3 Å². The first-order chi connectivity index (χ1) is 10.6. The molecule has 5 heteroatoms. The van der Waals surface area contributed by atoms with Gasteiger partial charge in [0.25, 0.3) is 0 Å². The van der Waals surface area contributed by atoms with Gasteiger partial charge in [-0.15, -0.1) is 0 Å². The van der Waals surface area contributed by atoms with Crippen LogP contribution >= 0.6 is 15.9 Å². The molecule has 1 aliphatic rings. The Morgan fingerprint density at radius 1 is 1.09 bits per heavy atom. The van der Waals surface area contributed by atoms with E-state index in [1.54, 1.807) is 0 Å². The van der Waals surface area contributed by atoms with Gasteiger partial charge in [0.2, 0.25) is 0 Å². The number of carbonyl (C=O) groups excluding carboxylic acids is 1. The number of halogens is 1. The Labute approximate surface area is 138 Å². The third-order valence-electron chi connectivity index (χ3n) is 3.75. The standard InChI is InChI=1S/C17H18BrN3O/c1-21-8-7-12-5-6-16(9-13(12)11-21)20-17(22)19-15-4-2-3-14(18)10-15/h2-6,9-10H,7-8,11H2,1H3,(H2,19,20,22). The van der Waals surface area contributed by atoms with Gasteiger partial charge in [-0.2, -0.15) is 0 Å². The molecule has 2 aromatic rings. The molecule has 0 saturated heterocycles. The number of amides is 2. The maximum absolute atomic E-state index is 12.1. The molecule has 114 valence electrons. The van der Waals surface area contributed by atoms with E-state index >= 15 is 0 Å². The van der Waals surface area contributed by atoms with Crippen molar-refractivity contribution in [3.63, 3.8) is 0 Å². The number of hydrogen-bond donors (Lipinski definition) is 2. The summed E-state index contributed by atoms with van der Waals surface area (Å²) in [4.78, 5) is 14.4. The number of fused-ring (bicyclic) bond motifs is 1. The summed E-state index contributed by atoms with van der Waals surface area (Å²) >= 11 is 3.39. The van der Waals surface area contributed by atoms with Crippen molar-refractivity contribution in [1.29, 1.82) is 0 Å². The van der Waals surface area contributed by atoms with Crippen LogP contribution in [0.25, 0.3) is 0 Å². The fourth-order valence-corrected chi connectivity index (χ4v) is 3.03. The van der Waals surface area contributed by atoms with Gasteiger partial charge in [0.1, 0.15) is 0 Å². The minimum Gasteiger partial charge on any atom is -0.308 e. The van der Waals surface area contributed by atoms with E-state index in [1.165, 1.54) is 11.1 Å². The van der Waals surface area contributed by atoms with Gasteiger partial charge in [-0.25, -0.2) is 4.79 Å². The molecule has 1 heterocycles. The molecule has 4 nitrogen and oxygen atoms in total. The molecule has 2 amide bonds. The summed E-state index contributed by atoms with van der Waals surface area (Å²) < 4.78 is 0.933. The third-order valence-corrected chi connectivity index (χ3v) is 4.24. The van der Waals surface area contributed by atoms with E-state index in [-0.39, 0.29) is 6.03 Å². The fourth-order valence-electron chi connectivity index (χ4n) is 2.64. The number of nitrogens with one attached hydrogen (secondary N) is 2. The van der Waals surface area contributed by atoms with E-state index in [4.69, 9.17) is 0 Å². The first-order valence-electron chi connectivity index (χ1n) is 7.24. The maximum atomic E-state index is 12.1. The zero-order valence-corrected chi connectivity index (χ0v) is 14.0. The Hall–Kier alpha value is -1.85. The number of urea groups is 1. The van der Waals surface area contributed by atoms with Crippen molar-refractivity contribution in [2.24, 2.45) is 0 Å². The molecule has 0 atom stereocenters. The molecule has 0 spiro atoms. The highest BCUT2D eigenvalue weighted by atomic mass is 79.9. The lowest BCUT2D eigenvalue weighted by molar-refractivity contribution is 0.262. The van der Waals surface area contributed by atoms with Gasteiger partial charge < -0.3 is 15.5 Å². The number of rotatable bonds is 2. The van der Waals surface area contributed by atoms with Crippen molar-refractivity contribution in [2.45, 2.75) is 13.0 Å². The number of hydrogen-bond acceptors (Lipinski definition) is 2. The average molecular weight is 360 g/mol. The number of anilines is 2. The quantitative estimate of drug-likeness (QED) is 0.848. The van der Waals surface area contributed by atoms with Crippen LogP contribution in [0, 0.1) is 0 Å². The Balaban J connectivity index is 1.68. The van der Waals surface area contributed by atoms with Crippen LogP contribution in [0.4, 0.5) is 16.2 Å². The summed E-state index contributed by atoms with van der Waals surface area (Å²) in [5.74, 6) is 0. The van der Waals surface area contributed by atoms with Crippen LogP contribution in [-0.2, 0) is 13.0 Å². The highest BCUT2D eigenvalue weighted by Crippen LogP contribution is 2.22. The molecule has 0 saturated carbocycles.